The number of hydrogen-bond donors (Lipinski definition) is 2. The van der Waals surface area contributed by atoms with E-state index in [1.165, 1.54) is 19.2 Å². The zero-order valence-electron chi connectivity index (χ0n) is 8.86. The number of hydrogen-bond acceptors (Lipinski definition) is 5. The minimum absolute atomic E-state index is 0.0492. The highest BCUT2D eigenvalue weighted by atomic mass is 16.5. The fourth-order valence-electron chi connectivity index (χ4n) is 1.34. The molecular formula is C11H12N2O3. The van der Waals surface area contributed by atoms with Crippen LogP contribution >= 0.6 is 0 Å². The Labute approximate surface area is 93.1 Å². The van der Waals surface area contributed by atoms with Crippen LogP contribution in [-0.2, 0) is 22.5 Å². The van der Waals surface area contributed by atoms with E-state index in [-0.39, 0.29) is 18.7 Å². The molecule has 1 rings (SSSR count). The van der Waals surface area contributed by atoms with Crippen LogP contribution in [-0.4, -0.2) is 18.2 Å². The number of benzene rings is 1. The summed E-state index contributed by atoms with van der Waals surface area (Å²) in [4.78, 5) is 11.1. The van der Waals surface area contributed by atoms with Crippen molar-refractivity contribution in [1.29, 1.82) is 5.26 Å². The average Bonchev–Trinajstić information content (AvgIpc) is 2.31. The molecule has 0 heterocycles. The molecular weight excluding hydrogens is 208 g/mol. The molecule has 0 saturated carbocycles. The summed E-state index contributed by atoms with van der Waals surface area (Å²) in [5, 5.41) is 18.5. The van der Waals surface area contributed by atoms with Crippen molar-refractivity contribution in [3.63, 3.8) is 0 Å². The first-order valence-electron chi connectivity index (χ1n) is 4.64. The van der Waals surface area contributed by atoms with Gasteiger partial charge in [0.15, 0.2) is 0 Å². The van der Waals surface area contributed by atoms with Gasteiger partial charge in [0.2, 0.25) is 0 Å². The lowest BCUT2D eigenvalue weighted by Gasteiger charge is -2.08. The number of methoxy groups -OCH3 is 1. The van der Waals surface area contributed by atoms with Crippen molar-refractivity contribution in [3.05, 3.63) is 28.8 Å². The van der Waals surface area contributed by atoms with Crippen LogP contribution < -0.4 is 5.73 Å². The van der Waals surface area contributed by atoms with Gasteiger partial charge in [-0.05, 0) is 12.1 Å². The van der Waals surface area contributed by atoms with Gasteiger partial charge in [0.25, 0.3) is 0 Å². The summed E-state index contributed by atoms with van der Waals surface area (Å²) in [7, 11) is 1.26. The van der Waals surface area contributed by atoms with Crippen molar-refractivity contribution in [1.82, 2.24) is 0 Å². The van der Waals surface area contributed by atoms with E-state index in [0.717, 1.165) is 0 Å². The van der Waals surface area contributed by atoms with Gasteiger partial charge in [0, 0.05) is 17.7 Å². The molecule has 5 heteroatoms. The van der Waals surface area contributed by atoms with Gasteiger partial charge in [-0.2, -0.15) is 5.26 Å². The summed E-state index contributed by atoms with van der Waals surface area (Å²) in [6, 6.07) is 4.89. The first-order valence-corrected chi connectivity index (χ1v) is 4.64. The van der Waals surface area contributed by atoms with E-state index in [1.54, 1.807) is 0 Å². The van der Waals surface area contributed by atoms with Gasteiger partial charge in [-0.15, -0.1) is 0 Å². The van der Waals surface area contributed by atoms with Crippen molar-refractivity contribution < 1.29 is 14.6 Å². The number of ether oxygens (including phenoxy) is 1. The Morgan fingerprint density at radius 2 is 2.19 bits per heavy atom. The SMILES string of the molecule is COC(=O)Cc1cc(C#N)cc(CN)c1O. The van der Waals surface area contributed by atoms with Gasteiger partial charge in [-0.3, -0.25) is 4.79 Å². The lowest BCUT2D eigenvalue weighted by Crippen LogP contribution is -2.07. The molecule has 3 N–H and O–H groups in total. The molecule has 0 amide bonds. The third-order valence-corrected chi connectivity index (χ3v) is 2.18. The number of rotatable bonds is 3. The van der Waals surface area contributed by atoms with Crippen molar-refractivity contribution in [3.8, 4) is 11.8 Å². The average molecular weight is 220 g/mol. The monoisotopic (exact) mass is 220 g/mol. The number of phenols is 1. The quantitative estimate of drug-likeness (QED) is 0.720. The van der Waals surface area contributed by atoms with E-state index in [0.29, 0.717) is 16.7 Å². The number of aromatic hydroxyl groups is 1. The van der Waals surface area contributed by atoms with Crippen LogP contribution in [0.25, 0.3) is 0 Å². The third-order valence-electron chi connectivity index (χ3n) is 2.18. The highest BCUT2D eigenvalue weighted by Crippen LogP contribution is 2.24. The van der Waals surface area contributed by atoms with E-state index in [2.05, 4.69) is 4.74 Å². The van der Waals surface area contributed by atoms with Crippen LogP contribution in [0, 0.1) is 11.3 Å². The number of phenolic OH excluding ortho intramolecular Hbond substituents is 1. The topological polar surface area (TPSA) is 96.3 Å². The maximum absolute atomic E-state index is 11.1. The van der Waals surface area contributed by atoms with Gasteiger partial charge in [-0.25, -0.2) is 0 Å². The molecule has 1 aromatic carbocycles. The second kappa shape index (κ2) is 5.14. The first-order chi connectivity index (χ1) is 7.62. The molecule has 0 aliphatic rings. The highest BCUT2D eigenvalue weighted by molar-refractivity contribution is 5.74. The molecule has 16 heavy (non-hydrogen) atoms. The molecule has 0 aliphatic heterocycles. The Kier molecular flexibility index (Phi) is 3.86. The van der Waals surface area contributed by atoms with E-state index < -0.39 is 5.97 Å². The predicted octanol–water partition coefficient (Wildman–Crippen LogP) is 0.438. The largest absolute Gasteiger partial charge is 0.507 e. The summed E-state index contributed by atoms with van der Waals surface area (Å²) in [5.74, 6) is -0.528. The normalized spacial score (nSPS) is 9.56. The Morgan fingerprint density at radius 3 is 2.69 bits per heavy atom. The number of nitriles is 1. The fraction of sp³-hybridized carbons (Fsp3) is 0.273. The third kappa shape index (κ3) is 2.49. The van der Waals surface area contributed by atoms with Crippen LogP contribution in [0.15, 0.2) is 12.1 Å². The van der Waals surface area contributed by atoms with Gasteiger partial charge in [0.1, 0.15) is 5.75 Å². The molecule has 1 aromatic rings. The van der Waals surface area contributed by atoms with Crippen LogP contribution in [0.2, 0.25) is 0 Å². The minimum Gasteiger partial charge on any atom is -0.507 e. The zero-order chi connectivity index (χ0) is 12.1. The van der Waals surface area contributed by atoms with Crippen molar-refractivity contribution in [2.45, 2.75) is 13.0 Å². The van der Waals surface area contributed by atoms with Crippen LogP contribution in [0.1, 0.15) is 16.7 Å². The Balaban J connectivity index is 3.17. The minimum atomic E-state index is -0.478. The van der Waals surface area contributed by atoms with Crippen molar-refractivity contribution in [2.24, 2.45) is 5.73 Å². The molecule has 0 bridgehead atoms. The molecule has 84 valence electrons. The second-order valence-corrected chi connectivity index (χ2v) is 3.21. The molecule has 5 nitrogen and oxygen atoms in total. The summed E-state index contributed by atoms with van der Waals surface area (Å²) in [6.07, 6.45) is -0.0785. The molecule has 0 fully saturated rings. The van der Waals surface area contributed by atoms with Gasteiger partial charge in [-0.1, -0.05) is 0 Å². The number of esters is 1. The van der Waals surface area contributed by atoms with Crippen LogP contribution in [0.4, 0.5) is 0 Å². The van der Waals surface area contributed by atoms with Crippen LogP contribution in [0.3, 0.4) is 0 Å². The van der Waals surface area contributed by atoms with Gasteiger partial charge >= 0.3 is 5.97 Å². The Bertz CT molecular complexity index is 449. The molecule has 0 radical (unpaired) electrons. The lowest BCUT2D eigenvalue weighted by molar-refractivity contribution is -0.139. The predicted molar refractivity (Wildman–Crippen MR) is 56.4 cm³/mol. The van der Waals surface area contributed by atoms with Crippen LogP contribution in [0.5, 0.6) is 5.75 Å². The Morgan fingerprint density at radius 1 is 1.56 bits per heavy atom. The number of nitrogens with zero attached hydrogens (tertiary/aromatic N) is 1. The van der Waals surface area contributed by atoms with E-state index in [4.69, 9.17) is 11.0 Å². The molecule has 0 spiro atoms. The molecule has 0 atom stereocenters. The highest BCUT2D eigenvalue weighted by Gasteiger charge is 2.12. The zero-order valence-corrected chi connectivity index (χ0v) is 8.86. The van der Waals surface area contributed by atoms with Crippen molar-refractivity contribution >= 4 is 5.97 Å². The number of carbonyl (C=O) groups excluding carboxylic acids is 1. The summed E-state index contributed by atoms with van der Waals surface area (Å²) < 4.78 is 4.49. The maximum atomic E-state index is 11.1. The number of nitrogens with two attached hydrogens (primary N) is 1. The lowest BCUT2D eigenvalue weighted by atomic mass is 10.0. The van der Waals surface area contributed by atoms with Gasteiger partial charge in [0.05, 0.1) is 25.2 Å². The fourth-order valence-corrected chi connectivity index (χ4v) is 1.34. The van der Waals surface area contributed by atoms with E-state index >= 15 is 0 Å². The van der Waals surface area contributed by atoms with E-state index in [1.807, 2.05) is 6.07 Å². The van der Waals surface area contributed by atoms with E-state index in [9.17, 15) is 9.90 Å². The number of carbonyl (C=O) groups is 1. The summed E-state index contributed by atoms with van der Waals surface area (Å²) >= 11 is 0. The molecule has 0 aromatic heterocycles. The van der Waals surface area contributed by atoms with Gasteiger partial charge < -0.3 is 15.6 Å². The summed E-state index contributed by atoms with van der Waals surface area (Å²) in [5.41, 5.74) is 6.57. The molecule has 0 aliphatic carbocycles. The Hall–Kier alpha value is -2.06. The maximum Gasteiger partial charge on any atom is 0.310 e. The summed E-state index contributed by atoms with van der Waals surface area (Å²) in [6.45, 7) is 0.107. The molecule has 0 saturated heterocycles. The second-order valence-electron chi connectivity index (χ2n) is 3.21. The molecule has 0 unspecified atom stereocenters. The smallest absolute Gasteiger partial charge is 0.310 e. The standard InChI is InChI=1S/C11H12N2O3/c1-16-10(14)4-8-2-7(5-12)3-9(6-13)11(8)15/h2-3,15H,4,6,13H2,1H3. The first kappa shape index (κ1) is 12.0. The van der Waals surface area contributed by atoms with Crippen molar-refractivity contribution in [2.75, 3.05) is 7.11 Å².